The van der Waals surface area contributed by atoms with Crippen molar-refractivity contribution in [3.63, 3.8) is 0 Å². The molecular formula is C13H25NO2S. The van der Waals surface area contributed by atoms with Gasteiger partial charge in [0.15, 0.2) is 0 Å². The zero-order valence-electron chi connectivity index (χ0n) is 11.2. The maximum Gasteiger partial charge on any atom is 0.235 e. The van der Waals surface area contributed by atoms with E-state index >= 15 is 0 Å². The summed E-state index contributed by atoms with van der Waals surface area (Å²) in [4.78, 5) is 12.1. The molecule has 0 aliphatic carbocycles. The number of hydrogen-bond donors (Lipinski definition) is 2. The van der Waals surface area contributed by atoms with Crippen LogP contribution >= 0.6 is 11.8 Å². The third-order valence-corrected chi connectivity index (χ3v) is 5.68. The molecular weight excluding hydrogens is 234 g/mol. The van der Waals surface area contributed by atoms with Gasteiger partial charge in [0, 0.05) is 12.0 Å². The molecule has 1 aliphatic heterocycles. The van der Waals surface area contributed by atoms with Gasteiger partial charge in [0.1, 0.15) is 0 Å². The zero-order valence-corrected chi connectivity index (χ0v) is 12.0. The Balaban J connectivity index is 2.52. The van der Waals surface area contributed by atoms with E-state index < -0.39 is 0 Å². The van der Waals surface area contributed by atoms with E-state index in [4.69, 9.17) is 0 Å². The molecule has 3 nitrogen and oxygen atoms in total. The molecule has 1 unspecified atom stereocenters. The van der Waals surface area contributed by atoms with Crippen LogP contribution in [0.3, 0.4) is 0 Å². The van der Waals surface area contributed by atoms with Gasteiger partial charge < -0.3 is 10.4 Å². The molecule has 4 heteroatoms. The maximum atomic E-state index is 12.1. The average molecular weight is 259 g/mol. The Bertz CT molecular complexity index is 250. The predicted molar refractivity (Wildman–Crippen MR) is 73.2 cm³/mol. The van der Waals surface area contributed by atoms with Crippen LogP contribution in [0.1, 0.15) is 46.5 Å². The van der Waals surface area contributed by atoms with Crippen molar-refractivity contribution in [1.82, 2.24) is 5.32 Å². The Hall–Kier alpha value is -0.220. The molecule has 1 atom stereocenters. The number of hydrogen-bond acceptors (Lipinski definition) is 3. The summed E-state index contributed by atoms with van der Waals surface area (Å²) >= 11 is 1.75. The van der Waals surface area contributed by atoms with Gasteiger partial charge in [-0.2, -0.15) is 0 Å². The van der Waals surface area contributed by atoms with Crippen molar-refractivity contribution >= 4 is 17.7 Å². The smallest absolute Gasteiger partial charge is 0.235 e. The molecule has 1 aliphatic rings. The minimum Gasteiger partial charge on any atom is -0.396 e. The minimum atomic E-state index is -0.247. The highest BCUT2D eigenvalue weighted by atomic mass is 32.2. The fourth-order valence-corrected chi connectivity index (χ4v) is 3.42. The van der Waals surface area contributed by atoms with Gasteiger partial charge >= 0.3 is 0 Å². The van der Waals surface area contributed by atoms with Crippen LogP contribution in [0.25, 0.3) is 0 Å². The summed E-state index contributed by atoms with van der Waals surface area (Å²) in [7, 11) is 0. The molecule has 100 valence electrons. The first-order valence-electron chi connectivity index (χ1n) is 6.55. The SMILES string of the molecule is CCC(CC)(CO)CNC(=O)C1(C)CCCS1. The highest BCUT2D eigenvalue weighted by molar-refractivity contribution is 8.01. The van der Waals surface area contributed by atoms with Crippen molar-refractivity contribution in [3.8, 4) is 0 Å². The zero-order chi connectivity index (χ0) is 12.9. The van der Waals surface area contributed by atoms with Crippen LogP contribution in [0, 0.1) is 5.41 Å². The first-order valence-corrected chi connectivity index (χ1v) is 7.53. The van der Waals surface area contributed by atoms with Crippen LogP contribution in [0.5, 0.6) is 0 Å². The van der Waals surface area contributed by atoms with Crippen LogP contribution in [0.2, 0.25) is 0 Å². The molecule has 0 aromatic rings. The van der Waals surface area contributed by atoms with Crippen molar-refractivity contribution in [2.24, 2.45) is 5.41 Å². The molecule has 1 amide bonds. The Kier molecular flexibility index (Phi) is 5.32. The van der Waals surface area contributed by atoms with E-state index in [0.717, 1.165) is 31.4 Å². The Morgan fingerprint density at radius 1 is 1.47 bits per heavy atom. The number of rotatable bonds is 6. The molecule has 1 rings (SSSR count). The van der Waals surface area contributed by atoms with Gasteiger partial charge in [-0.05, 0) is 38.4 Å². The Morgan fingerprint density at radius 3 is 2.53 bits per heavy atom. The van der Waals surface area contributed by atoms with Gasteiger partial charge in [0.2, 0.25) is 5.91 Å². The van der Waals surface area contributed by atoms with E-state index in [1.807, 2.05) is 6.92 Å². The molecule has 0 saturated carbocycles. The number of thioether (sulfide) groups is 1. The van der Waals surface area contributed by atoms with Crippen molar-refractivity contribution < 1.29 is 9.90 Å². The minimum absolute atomic E-state index is 0.139. The van der Waals surface area contributed by atoms with E-state index in [1.165, 1.54) is 0 Å². The van der Waals surface area contributed by atoms with Crippen LogP contribution < -0.4 is 5.32 Å². The summed E-state index contributed by atoms with van der Waals surface area (Å²) in [6.45, 7) is 6.89. The molecule has 0 aromatic carbocycles. The average Bonchev–Trinajstić information content (AvgIpc) is 2.80. The van der Waals surface area contributed by atoms with E-state index in [0.29, 0.717) is 6.54 Å². The second kappa shape index (κ2) is 6.10. The van der Waals surface area contributed by atoms with E-state index in [-0.39, 0.29) is 22.7 Å². The van der Waals surface area contributed by atoms with Gasteiger partial charge in [-0.25, -0.2) is 0 Å². The van der Waals surface area contributed by atoms with E-state index in [2.05, 4.69) is 19.2 Å². The number of carbonyl (C=O) groups is 1. The second-order valence-corrected chi connectivity index (χ2v) is 6.83. The third-order valence-electron chi connectivity index (χ3n) is 4.16. The molecule has 1 heterocycles. The number of nitrogens with one attached hydrogen (secondary N) is 1. The standard InChI is InChI=1S/C13H25NO2S/c1-4-13(5-2,10-15)9-14-11(16)12(3)7-6-8-17-12/h15H,4-10H2,1-3H3,(H,14,16). The first-order chi connectivity index (χ1) is 8.02. The molecule has 0 radical (unpaired) electrons. The Morgan fingerprint density at radius 2 is 2.12 bits per heavy atom. The highest BCUT2D eigenvalue weighted by Gasteiger charge is 2.38. The molecule has 0 bridgehead atoms. The normalized spacial score (nSPS) is 24.9. The highest BCUT2D eigenvalue weighted by Crippen LogP contribution is 2.38. The molecule has 2 N–H and O–H groups in total. The lowest BCUT2D eigenvalue weighted by Crippen LogP contribution is -2.46. The topological polar surface area (TPSA) is 49.3 Å². The summed E-state index contributed by atoms with van der Waals surface area (Å²) in [5.74, 6) is 1.22. The quantitative estimate of drug-likeness (QED) is 0.769. The first kappa shape index (κ1) is 14.8. The predicted octanol–water partition coefficient (Wildman–Crippen LogP) is 2.19. The monoisotopic (exact) mass is 259 g/mol. The number of aliphatic hydroxyl groups excluding tert-OH is 1. The van der Waals surface area contributed by atoms with E-state index in [1.54, 1.807) is 11.8 Å². The summed E-state index contributed by atoms with van der Waals surface area (Å²) in [6, 6.07) is 0. The fraction of sp³-hybridized carbons (Fsp3) is 0.923. The maximum absolute atomic E-state index is 12.1. The van der Waals surface area contributed by atoms with Crippen molar-refractivity contribution in [1.29, 1.82) is 0 Å². The van der Waals surface area contributed by atoms with Gasteiger partial charge in [-0.15, -0.1) is 11.8 Å². The van der Waals surface area contributed by atoms with Gasteiger partial charge in [-0.3, -0.25) is 4.79 Å². The number of aliphatic hydroxyl groups is 1. The fourth-order valence-electron chi connectivity index (χ4n) is 2.19. The van der Waals surface area contributed by atoms with Crippen LogP contribution in [0.4, 0.5) is 0 Å². The van der Waals surface area contributed by atoms with Gasteiger partial charge in [0.25, 0.3) is 0 Å². The van der Waals surface area contributed by atoms with E-state index in [9.17, 15) is 9.90 Å². The molecule has 17 heavy (non-hydrogen) atoms. The van der Waals surface area contributed by atoms with Gasteiger partial charge in [0.05, 0.1) is 11.4 Å². The molecule has 1 saturated heterocycles. The Labute approximate surface area is 109 Å². The lowest BCUT2D eigenvalue weighted by Gasteiger charge is -2.31. The van der Waals surface area contributed by atoms with Crippen LogP contribution in [-0.4, -0.2) is 34.7 Å². The third kappa shape index (κ3) is 3.38. The number of amides is 1. The largest absolute Gasteiger partial charge is 0.396 e. The van der Waals surface area contributed by atoms with Crippen LogP contribution in [0.15, 0.2) is 0 Å². The summed E-state index contributed by atoms with van der Waals surface area (Å²) in [5, 5.41) is 12.5. The summed E-state index contributed by atoms with van der Waals surface area (Å²) < 4.78 is -0.247. The summed E-state index contributed by atoms with van der Waals surface area (Å²) in [5.41, 5.74) is -0.144. The molecule has 1 fully saturated rings. The van der Waals surface area contributed by atoms with Crippen LogP contribution in [-0.2, 0) is 4.79 Å². The lowest BCUT2D eigenvalue weighted by molar-refractivity contribution is -0.123. The second-order valence-electron chi connectivity index (χ2n) is 5.23. The molecule has 0 aromatic heterocycles. The number of carbonyl (C=O) groups excluding carboxylic acids is 1. The summed E-state index contributed by atoms with van der Waals surface area (Å²) in [6.07, 6.45) is 3.88. The van der Waals surface area contributed by atoms with Crippen molar-refractivity contribution in [3.05, 3.63) is 0 Å². The van der Waals surface area contributed by atoms with Crippen molar-refractivity contribution in [2.45, 2.75) is 51.2 Å². The van der Waals surface area contributed by atoms with Gasteiger partial charge in [-0.1, -0.05) is 13.8 Å². The lowest BCUT2D eigenvalue weighted by atomic mass is 9.83. The molecule has 0 spiro atoms. The van der Waals surface area contributed by atoms with Crippen molar-refractivity contribution in [2.75, 3.05) is 18.9 Å².